The third-order valence-corrected chi connectivity index (χ3v) is 4.03. The summed E-state index contributed by atoms with van der Waals surface area (Å²) < 4.78 is 6.65. The van der Waals surface area contributed by atoms with Crippen LogP contribution in [-0.2, 0) is 11.3 Å². The zero-order valence-corrected chi connectivity index (χ0v) is 13.0. The first kappa shape index (κ1) is 14.9. The van der Waals surface area contributed by atoms with Gasteiger partial charge in [-0.3, -0.25) is 4.79 Å². The zero-order valence-electron chi connectivity index (χ0n) is 13.0. The highest BCUT2D eigenvalue weighted by Crippen LogP contribution is 2.14. The Morgan fingerprint density at radius 3 is 2.77 bits per heavy atom. The van der Waals surface area contributed by atoms with Gasteiger partial charge in [0.1, 0.15) is 0 Å². The van der Waals surface area contributed by atoms with Gasteiger partial charge < -0.3 is 19.1 Å². The summed E-state index contributed by atoms with van der Waals surface area (Å²) in [6.07, 6.45) is 3.41. The van der Waals surface area contributed by atoms with E-state index in [9.17, 15) is 4.79 Å². The van der Waals surface area contributed by atoms with Crippen molar-refractivity contribution in [3.05, 3.63) is 28.8 Å². The minimum atomic E-state index is -0.0699. The Labute approximate surface area is 129 Å². The van der Waals surface area contributed by atoms with E-state index in [1.54, 1.807) is 24.1 Å². The third-order valence-electron chi connectivity index (χ3n) is 4.03. The highest BCUT2D eigenvalue weighted by Gasteiger charge is 2.17. The predicted molar refractivity (Wildman–Crippen MR) is 85.4 cm³/mol. The van der Waals surface area contributed by atoms with E-state index in [0.29, 0.717) is 30.0 Å². The molecule has 2 aromatic heterocycles. The van der Waals surface area contributed by atoms with E-state index < -0.39 is 0 Å². The van der Waals surface area contributed by atoms with Gasteiger partial charge in [-0.1, -0.05) is 0 Å². The van der Waals surface area contributed by atoms with Gasteiger partial charge in [-0.25, -0.2) is 9.97 Å². The molecule has 3 heterocycles. The Hall–Kier alpha value is -1.99. The molecule has 0 bridgehead atoms. The van der Waals surface area contributed by atoms with Crippen LogP contribution >= 0.6 is 0 Å². The Kier molecular flexibility index (Phi) is 4.35. The summed E-state index contributed by atoms with van der Waals surface area (Å²) >= 11 is 0. The molecule has 0 aromatic carbocycles. The van der Waals surface area contributed by atoms with E-state index in [1.165, 1.54) is 0 Å². The number of aromatic nitrogens is 3. The van der Waals surface area contributed by atoms with E-state index >= 15 is 0 Å². The highest BCUT2D eigenvalue weighted by molar-refractivity contribution is 5.77. The lowest BCUT2D eigenvalue weighted by Gasteiger charge is -2.32. The summed E-state index contributed by atoms with van der Waals surface area (Å²) in [4.78, 5) is 25.8. The number of ether oxygens (including phenoxy) is 1. The van der Waals surface area contributed by atoms with E-state index in [1.807, 2.05) is 6.07 Å². The van der Waals surface area contributed by atoms with Crippen LogP contribution in [0, 0.1) is 0 Å². The van der Waals surface area contributed by atoms with Gasteiger partial charge in [-0.15, -0.1) is 0 Å². The molecular formula is C15H21N5O2. The Balaban J connectivity index is 1.89. The van der Waals surface area contributed by atoms with Crippen molar-refractivity contribution in [2.24, 2.45) is 0 Å². The van der Waals surface area contributed by atoms with Crippen molar-refractivity contribution in [2.75, 3.05) is 51.8 Å². The van der Waals surface area contributed by atoms with Crippen molar-refractivity contribution in [2.45, 2.75) is 6.54 Å². The molecule has 1 saturated heterocycles. The Morgan fingerprint density at radius 2 is 2.05 bits per heavy atom. The zero-order chi connectivity index (χ0) is 15.5. The molecule has 1 aliphatic rings. The van der Waals surface area contributed by atoms with Crippen LogP contribution in [0.5, 0.6) is 0 Å². The molecule has 0 amide bonds. The van der Waals surface area contributed by atoms with Gasteiger partial charge >= 0.3 is 0 Å². The molecule has 0 radical (unpaired) electrons. The summed E-state index contributed by atoms with van der Waals surface area (Å²) in [5.41, 5.74) is 0.627. The topological polar surface area (TPSA) is 63.5 Å². The quantitative estimate of drug-likeness (QED) is 0.803. The van der Waals surface area contributed by atoms with Crippen molar-refractivity contribution in [3.63, 3.8) is 0 Å². The second-order valence-electron chi connectivity index (χ2n) is 5.57. The molecule has 2 aromatic rings. The maximum Gasteiger partial charge on any atom is 0.261 e. The number of anilines is 1. The first-order valence-corrected chi connectivity index (χ1v) is 7.47. The summed E-state index contributed by atoms with van der Waals surface area (Å²) in [7, 11) is 3.73. The van der Waals surface area contributed by atoms with Crippen LogP contribution in [0.25, 0.3) is 10.9 Å². The minimum absolute atomic E-state index is 0.0699. The minimum Gasteiger partial charge on any atom is -0.383 e. The monoisotopic (exact) mass is 303 g/mol. The van der Waals surface area contributed by atoms with Crippen molar-refractivity contribution in [3.8, 4) is 0 Å². The maximum atomic E-state index is 12.4. The van der Waals surface area contributed by atoms with Crippen LogP contribution in [0.2, 0.25) is 0 Å². The number of hydrogen-bond donors (Lipinski definition) is 0. The number of rotatable bonds is 4. The molecule has 0 aliphatic carbocycles. The molecule has 1 aliphatic heterocycles. The molecule has 7 nitrogen and oxygen atoms in total. The number of pyridine rings is 1. The van der Waals surface area contributed by atoms with Crippen molar-refractivity contribution in [1.29, 1.82) is 0 Å². The molecular weight excluding hydrogens is 282 g/mol. The lowest BCUT2D eigenvalue weighted by atomic mass is 10.3. The SMILES string of the molecule is COCCn1ccc2nc(N3CCN(C)CC3)ncc2c1=O. The van der Waals surface area contributed by atoms with Gasteiger partial charge in [0.25, 0.3) is 5.56 Å². The molecule has 3 rings (SSSR count). The summed E-state index contributed by atoms with van der Waals surface area (Å²) in [6, 6.07) is 1.87. The highest BCUT2D eigenvalue weighted by atomic mass is 16.5. The van der Waals surface area contributed by atoms with Gasteiger partial charge in [0, 0.05) is 52.2 Å². The second kappa shape index (κ2) is 6.41. The fourth-order valence-corrected chi connectivity index (χ4v) is 2.58. The van der Waals surface area contributed by atoms with E-state index in [0.717, 1.165) is 26.2 Å². The third kappa shape index (κ3) is 2.95. The second-order valence-corrected chi connectivity index (χ2v) is 5.57. The lowest BCUT2D eigenvalue weighted by Crippen LogP contribution is -2.45. The standard InChI is InChI=1S/C15H21N5O2/c1-18-5-7-20(8-6-18)15-16-11-12-13(17-15)3-4-19(14(12)21)9-10-22-2/h3-4,11H,5-10H2,1-2H3. The smallest absolute Gasteiger partial charge is 0.261 e. The average Bonchev–Trinajstić information content (AvgIpc) is 2.55. The van der Waals surface area contributed by atoms with Gasteiger partial charge in [0.2, 0.25) is 5.95 Å². The van der Waals surface area contributed by atoms with E-state index in [4.69, 9.17) is 4.74 Å². The number of fused-ring (bicyclic) bond motifs is 1. The summed E-state index contributed by atoms with van der Waals surface area (Å²) in [5.74, 6) is 0.703. The summed E-state index contributed by atoms with van der Waals surface area (Å²) in [6.45, 7) is 4.86. The molecule has 0 unspecified atom stereocenters. The first-order chi connectivity index (χ1) is 10.7. The van der Waals surface area contributed by atoms with Crippen LogP contribution in [-0.4, -0.2) is 66.4 Å². The van der Waals surface area contributed by atoms with Crippen molar-refractivity contribution < 1.29 is 4.74 Å². The van der Waals surface area contributed by atoms with Crippen LogP contribution in [0.4, 0.5) is 5.95 Å². The lowest BCUT2D eigenvalue weighted by molar-refractivity contribution is 0.186. The largest absolute Gasteiger partial charge is 0.383 e. The van der Waals surface area contributed by atoms with Crippen LogP contribution in [0.15, 0.2) is 23.3 Å². The predicted octanol–water partition coefficient (Wildman–Crippen LogP) is 0.190. The maximum absolute atomic E-state index is 12.4. The van der Waals surface area contributed by atoms with Gasteiger partial charge in [0.15, 0.2) is 0 Å². The first-order valence-electron chi connectivity index (χ1n) is 7.47. The molecule has 118 valence electrons. The van der Waals surface area contributed by atoms with Gasteiger partial charge in [-0.2, -0.15) is 0 Å². The van der Waals surface area contributed by atoms with Gasteiger partial charge in [0.05, 0.1) is 17.5 Å². The van der Waals surface area contributed by atoms with Crippen LogP contribution < -0.4 is 10.5 Å². The van der Waals surface area contributed by atoms with Crippen LogP contribution in [0.1, 0.15) is 0 Å². The van der Waals surface area contributed by atoms with Gasteiger partial charge in [-0.05, 0) is 13.1 Å². The number of methoxy groups -OCH3 is 1. The molecule has 0 saturated carbocycles. The molecule has 0 spiro atoms. The Morgan fingerprint density at radius 1 is 1.27 bits per heavy atom. The Bertz CT molecular complexity index is 707. The molecule has 7 heteroatoms. The average molecular weight is 303 g/mol. The molecule has 0 atom stereocenters. The molecule has 0 N–H and O–H groups in total. The fraction of sp³-hybridized carbons (Fsp3) is 0.533. The number of piperazine rings is 1. The van der Waals surface area contributed by atoms with E-state index in [2.05, 4.69) is 26.8 Å². The summed E-state index contributed by atoms with van der Waals surface area (Å²) in [5, 5.41) is 0.552. The van der Waals surface area contributed by atoms with Crippen LogP contribution in [0.3, 0.4) is 0 Å². The normalized spacial score (nSPS) is 16.4. The number of hydrogen-bond acceptors (Lipinski definition) is 6. The fourth-order valence-electron chi connectivity index (χ4n) is 2.58. The number of nitrogens with zero attached hydrogens (tertiary/aromatic N) is 5. The van der Waals surface area contributed by atoms with E-state index in [-0.39, 0.29) is 5.56 Å². The number of likely N-dealkylation sites (N-methyl/N-ethyl adjacent to an activating group) is 1. The molecule has 22 heavy (non-hydrogen) atoms. The van der Waals surface area contributed by atoms with Crippen molar-refractivity contribution in [1.82, 2.24) is 19.4 Å². The molecule has 1 fully saturated rings. The van der Waals surface area contributed by atoms with Crippen molar-refractivity contribution >= 4 is 16.9 Å².